The first-order chi connectivity index (χ1) is 6.65. The van der Waals surface area contributed by atoms with E-state index in [2.05, 4.69) is 5.16 Å². The topological polar surface area (TPSA) is 47.9 Å². The Morgan fingerprint density at radius 2 is 2.36 bits per heavy atom. The molecule has 0 aromatic carbocycles. The predicted molar refractivity (Wildman–Crippen MR) is 53.0 cm³/mol. The average molecular weight is 199 g/mol. The highest BCUT2D eigenvalue weighted by Crippen LogP contribution is 2.36. The van der Waals surface area contributed by atoms with E-state index in [0.29, 0.717) is 6.61 Å². The van der Waals surface area contributed by atoms with Crippen LogP contribution >= 0.6 is 0 Å². The monoisotopic (exact) mass is 199 g/mol. The summed E-state index contributed by atoms with van der Waals surface area (Å²) in [6.07, 6.45) is 2.59. The summed E-state index contributed by atoms with van der Waals surface area (Å²) >= 11 is 0. The maximum Gasteiger partial charge on any atom is 0.317 e. The van der Waals surface area contributed by atoms with Gasteiger partial charge >= 0.3 is 5.97 Å². The molecule has 0 aromatic heterocycles. The highest BCUT2D eigenvalue weighted by Gasteiger charge is 2.44. The van der Waals surface area contributed by atoms with E-state index in [9.17, 15) is 4.79 Å². The van der Waals surface area contributed by atoms with E-state index in [0.717, 1.165) is 25.0 Å². The molecule has 0 bridgehead atoms. The van der Waals surface area contributed by atoms with Crippen LogP contribution < -0.4 is 0 Å². The molecule has 0 amide bonds. The molecule has 1 aliphatic carbocycles. The number of carbonyl (C=O) groups excluding carboxylic acids is 1. The number of esters is 1. The van der Waals surface area contributed by atoms with Crippen LogP contribution in [0.2, 0.25) is 0 Å². The van der Waals surface area contributed by atoms with Gasteiger partial charge in [0.25, 0.3) is 0 Å². The first-order valence-electron chi connectivity index (χ1n) is 4.93. The first-order valence-corrected chi connectivity index (χ1v) is 4.93. The minimum atomic E-state index is -0.563. The van der Waals surface area contributed by atoms with E-state index >= 15 is 0 Å². The Morgan fingerprint density at radius 1 is 1.64 bits per heavy atom. The zero-order valence-electron chi connectivity index (χ0n) is 9.00. The Bertz CT molecular complexity index is 250. The van der Waals surface area contributed by atoms with E-state index in [4.69, 9.17) is 9.57 Å². The lowest BCUT2D eigenvalue weighted by Crippen LogP contribution is -2.34. The van der Waals surface area contributed by atoms with E-state index in [1.54, 1.807) is 0 Å². The van der Waals surface area contributed by atoms with Crippen molar-refractivity contribution in [2.24, 2.45) is 10.6 Å². The molecule has 1 rings (SSSR count). The zero-order valence-corrected chi connectivity index (χ0v) is 9.00. The van der Waals surface area contributed by atoms with Gasteiger partial charge in [-0.15, -0.1) is 0 Å². The third-order valence-corrected chi connectivity index (χ3v) is 2.65. The van der Waals surface area contributed by atoms with Gasteiger partial charge in [-0.1, -0.05) is 5.16 Å². The van der Waals surface area contributed by atoms with Crippen molar-refractivity contribution in [3.05, 3.63) is 0 Å². The van der Waals surface area contributed by atoms with Crippen molar-refractivity contribution in [3.63, 3.8) is 0 Å². The third kappa shape index (κ3) is 1.89. The van der Waals surface area contributed by atoms with Crippen molar-refractivity contribution in [3.8, 4) is 0 Å². The summed E-state index contributed by atoms with van der Waals surface area (Å²) in [6.45, 7) is 4.09. The number of ether oxygens (including phenoxy) is 1. The van der Waals surface area contributed by atoms with Crippen LogP contribution in [0.4, 0.5) is 0 Å². The molecule has 80 valence electrons. The highest BCUT2D eigenvalue weighted by molar-refractivity contribution is 6.07. The van der Waals surface area contributed by atoms with Gasteiger partial charge in [-0.3, -0.25) is 4.79 Å². The van der Waals surface area contributed by atoms with E-state index in [-0.39, 0.29) is 5.97 Å². The Labute approximate surface area is 84.3 Å². The van der Waals surface area contributed by atoms with E-state index < -0.39 is 5.41 Å². The van der Waals surface area contributed by atoms with Crippen molar-refractivity contribution in [1.82, 2.24) is 0 Å². The molecular weight excluding hydrogens is 182 g/mol. The molecule has 1 atom stereocenters. The number of hydrogen-bond donors (Lipinski definition) is 0. The van der Waals surface area contributed by atoms with Gasteiger partial charge in [0.05, 0.1) is 12.3 Å². The molecule has 0 heterocycles. The van der Waals surface area contributed by atoms with Crippen LogP contribution in [0.1, 0.15) is 33.1 Å². The molecule has 4 nitrogen and oxygen atoms in total. The Balaban J connectivity index is 2.80. The second-order valence-electron chi connectivity index (χ2n) is 3.63. The fourth-order valence-corrected chi connectivity index (χ4v) is 1.80. The summed E-state index contributed by atoms with van der Waals surface area (Å²) in [5.41, 5.74) is 0.241. The lowest BCUT2D eigenvalue weighted by atomic mass is 9.87. The van der Waals surface area contributed by atoms with Gasteiger partial charge in [-0.25, -0.2) is 0 Å². The summed E-state index contributed by atoms with van der Waals surface area (Å²) in [6, 6.07) is 0. The van der Waals surface area contributed by atoms with Crippen LogP contribution in [0.25, 0.3) is 0 Å². The molecule has 1 fully saturated rings. The summed E-state index contributed by atoms with van der Waals surface area (Å²) in [5.74, 6) is -0.187. The van der Waals surface area contributed by atoms with Gasteiger partial charge < -0.3 is 9.57 Å². The molecule has 0 N–H and O–H groups in total. The van der Waals surface area contributed by atoms with Crippen molar-refractivity contribution < 1.29 is 14.4 Å². The van der Waals surface area contributed by atoms with Gasteiger partial charge in [0.1, 0.15) is 12.5 Å². The van der Waals surface area contributed by atoms with Crippen LogP contribution in [-0.4, -0.2) is 25.4 Å². The number of hydrogen-bond acceptors (Lipinski definition) is 4. The molecular formula is C10H17NO3. The summed E-state index contributed by atoms with van der Waals surface area (Å²) in [7, 11) is 1.50. The zero-order chi connectivity index (χ0) is 10.6. The largest absolute Gasteiger partial charge is 0.465 e. The lowest BCUT2D eigenvalue weighted by Gasteiger charge is -2.21. The smallest absolute Gasteiger partial charge is 0.317 e. The maximum atomic E-state index is 11.7. The third-order valence-electron chi connectivity index (χ3n) is 2.65. The SMILES string of the molecule is CCOC(=O)C1(C)CCC/C1=N/OC. The minimum Gasteiger partial charge on any atom is -0.465 e. The number of nitrogens with zero attached hydrogens (tertiary/aromatic N) is 1. The number of oxime groups is 1. The van der Waals surface area contributed by atoms with E-state index in [1.165, 1.54) is 7.11 Å². The van der Waals surface area contributed by atoms with Crippen molar-refractivity contribution in [2.45, 2.75) is 33.1 Å². The normalized spacial score (nSPS) is 29.2. The molecule has 0 aromatic rings. The average Bonchev–Trinajstić information content (AvgIpc) is 2.51. The van der Waals surface area contributed by atoms with Crippen LogP contribution in [0.5, 0.6) is 0 Å². The van der Waals surface area contributed by atoms with E-state index in [1.807, 2.05) is 13.8 Å². The molecule has 0 radical (unpaired) electrons. The first kappa shape index (κ1) is 11.0. The second kappa shape index (κ2) is 4.44. The van der Waals surface area contributed by atoms with Crippen LogP contribution in [-0.2, 0) is 14.4 Å². The second-order valence-corrected chi connectivity index (χ2v) is 3.63. The van der Waals surface area contributed by atoms with Gasteiger partial charge in [0.15, 0.2) is 0 Å². The maximum absolute atomic E-state index is 11.7. The molecule has 0 aliphatic heterocycles. The van der Waals surface area contributed by atoms with Crippen LogP contribution in [0, 0.1) is 5.41 Å². The Morgan fingerprint density at radius 3 is 2.93 bits per heavy atom. The molecule has 1 aliphatic rings. The molecule has 4 heteroatoms. The molecule has 1 unspecified atom stereocenters. The molecule has 0 saturated heterocycles. The van der Waals surface area contributed by atoms with Crippen LogP contribution in [0.3, 0.4) is 0 Å². The van der Waals surface area contributed by atoms with Crippen molar-refractivity contribution >= 4 is 11.7 Å². The Hall–Kier alpha value is -1.06. The highest BCUT2D eigenvalue weighted by atomic mass is 16.6. The summed E-state index contributed by atoms with van der Waals surface area (Å²) in [4.78, 5) is 16.4. The molecule has 0 spiro atoms. The van der Waals surface area contributed by atoms with Gasteiger partial charge in [0, 0.05) is 0 Å². The van der Waals surface area contributed by atoms with Gasteiger partial charge in [-0.2, -0.15) is 0 Å². The van der Waals surface area contributed by atoms with Crippen molar-refractivity contribution in [1.29, 1.82) is 0 Å². The fourth-order valence-electron chi connectivity index (χ4n) is 1.80. The molecule has 1 saturated carbocycles. The number of carbonyl (C=O) groups is 1. The van der Waals surface area contributed by atoms with Gasteiger partial charge in [-0.05, 0) is 33.1 Å². The Kier molecular flexibility index (Phi) is 3.49. The van der Waals surface area contributed by atoms with Crippen molar-refractivity contribution in [2.75, 3.05) is 13.7 Å². The lowest BCUT2D eigenvalue weighted by molar-refractivity contribution is -0.150. The number of rotatable bonds is 3. The summed E-state index contributed by atoms with van der Waals surface area (Å²) < 4.78 is 5.03. The fraction of sp³-hybridized carbons (Fsp3) is 0.800. The van der Waals surface area contributed by atoms with Crippen LogP contribution in [0.15, 0.2) is 5.16 Å². The molecule has 14 heavy (non-hydrogen) atoms. The van der Waals surface area contributed by atoms with Gasteiger partial charge in [0.2, 0.25) is 0 Å². The quantitative estimate of drug-likeness (QED) is 0.514. The standard InChI is InChI=1S/C10H17NO3/c1-4-14-9(12)10(2)7-5-6-8(10)11-13-3/h4-7H2,1-3H3/b11-8-. The predicted octanol–water partition coefficient (Wildman–Crippen LogP) is 1.74. The minimum absolute atomic E-state index is 0.187. The summed E-state index contributed by atoms with van der Waals surface area (Å²) in [5, 5.41) is 3.90.